The normalized spacial score (nSPS) is 19.4. The van der Waals surface area contributed by atoms with Crippen LogP contribution in [0.25, 0.3) is 0 Å². The lowest BCUT2D eigenvalue weighted by Crippen LogP contribution is -2.42. The Bertz CT molecular complexity index is 421. The Morgan fingerprint density at radius 3 is 3.00 bits per heavy atom. The highest BCUT2D eigenvalue weighted by Gasteiger charge is 2.25. The van der Waals surface area contributed by atoms with Crippen molar-refractivity contribution in [3.63, 3.8) is 0 Å². The number of carbonyl (C=O) groups is 1. The van der Waals surface area contributed by atoms with E-state index in [0.717, 1.165) is 37.6 Å². The molecule has 0 saturated carbocycles. The van der Waals surface area contributed by atoms with Crippen LogP contribution < -0.4 is 15.5 Å². The molecule has 98 valence electrons. The van der Waals surface area contributed by atoms with Crippen LogP contribution >= 0.6 is 0 Å². The zero-order valence-electron chi connectivity index (χ0n) is 10.9. The summed E-state index contributed by atoms with van der Waals surface area (Å²) in [6.45, 7) is 1.72. The van der Waals surface area contributed by atoms with Gasteiger partial charge in [0.15, 0.2) is 0 Å². The van der Waals surface area contributed by atoms with Gasteiger partial charge in [0.1, 0.15) is 11.6 Å². The third kappa shape index (κ3) is 2.72. The molecule has 1 amide bonds. The Balaban J connectivity index is 2.10. The highest BCUT2D eigenvalue weighted by atomic mass is 16.1. The molecule has 1 saturated heterocycles. The van der Waals surface area contributed by atoms with E-state index in [4.69, 9.17) is 0 Å². The quantitative estimate of drug-likeness (QED) is 0.840. The highest BCUT2D eigenvalue weighted by Crippen LogP contribution is 2.22. The van der Waals surface area contributed by atoms with Crippen LogP contribution in [-0.2, 0) is 4.79 Å². The lowest BCUT2D eigenvalue weighted by molar-refractivity contribution is -0.124. The number of pyridine rings is 1. The number of carbonyl (C=O) groups excluding carboxylic acids is 1. The van der Waals surface area contributed by atoms with Crippen molar-refractivity contribution in [1.82, 2.24) is 10.3 Å². The molecule has 0 bridgehead atoms. The van der Waals surface area contributed by atoms with Gasteiger partial charge in [-0.3, -0.25) is 4.79 Å². The van der Waals surface area contributed by atoms with Gasteiger partial charge in [0.05, 0.1) is 5.92 Å². The second-order valence-corrected chi connectivity index (χ2v) is 4.53. The fourth-order valence-corrected chi connectivity index (χ4v) is 2.34. The van der Waals surface area contributed by atoms with Crippen molar-refractivity contribution in [2.45, 2.75) is 12.8 Å². The highest BCUT2D eigenvalue weighted by molar-refractivity contribution is 5.79. The summed E-state index contributed by atoms with van der Waals surface area (Å²) >= 11 is 0. The molecular weight excluding hydrogens is 228 g/mol. The maximum Gasteiger partial charge on any atom is 0.224 e. The molecule has 1 atom stereocenters. The number of anilines is 2. The summed E-state index contributed by atoms with van der Waals surface area (Å²) in [7, 11) is 3.55. The molecule has 1 aliphatic heterocycles. The van der Waals surface area contributed by atoms with Crippen LogP contribution in [0.15, 0.2) is 18.2 Å². The molecule has 1 aliphatic rings. The first-order valence-electron chi connectivity index (χ1n) is 6.36. The molecule has 1 unspecified atom stereocenters. The molecule has 1 aromatic heterocycles. The molecule has 1 fully saturated rings. The Morgan fingerprint density at radius 1 is 1.44 bits per heavy atom. The average molecular weight is 248 g/mol. The molecule has 0 radical (unpaired) electrons. The van der Waals surface area contributed by atoms with E-state index in [0.29, 0.717) is 0 Å². The summed E-state index contributed by atoms with van der Waals surface area (Å²) in [5.74, 6) is 2.00. The van der Waals surface area contributed by atoms with E-state index in [1.807, 2.05) is 25.2 Å². The number of nitrogens with zero attached hydrogens (tertiary/aromatic N) is 2. The molecule has 5 heteroatoms. The Morgan fingerprint density at radius 2 is 2.28 bits per heavy atom. The van der Waals surface area contributed by atoms with E-state index in [-0.39, 0.29) is 11.8 Å². The second-order valence-electron chi connectivity index (χ2n) is 4.53. The van der Waals surface area contributed by atoms with Crippen LogP contribution in [0.1, 0.15) is 12.8 Å². The third-order valence-electron chi connectivity index (χ3n) is 3.35. The number of hydrogen-bond donors (Lipinski definition) is 2. The first-order chi connectivity index (χ1) is 8.74. The molecule has 2 rings (SSSR count). The van der Waals surface area contributed by atoms with Crippen LogP contribution in [-0.4, -0.2) is 38.1 Å². The van der Waals surface area contributed by atoms with Crippen molar-refractivity contribution in [3.8, 4) is 0 Å². The summed E-state index contributed by atoms with van der Waals surface area (Å²) in [5.41, 5.74) is 0. The monoisotopic (exact) mass is 248 g/mol. The Kier molecular flexibility index (Phi) is 4.02. The Labute approximate surface area is 108 Å². The van der Waals surface area contributed by atoms with Crippen molar-refractivity contribution < 1.29 is 4.79 Å². The zero-order chi connectivity index (χ0) is 13.0. The van der Waals surface area contributed by atoms with E-state index in [2.05, 4.69) is 20.5 Å². The largest absolute Gasteiger partial charge is 0.373 e. The predicted molar refractivity (Wildman–Crippen MR) is 72.8 cm³/mol. The molecule has 5 nitrogen and oxygen atoms in total. The summed E-state index contributed by atoms with van der Waals surface area (Å²) in [5, 5.41) is 5.77. The zero-order valence-corrected chi connectivity index (χ0v) is 10.9. The number of amides is 1. The SMILES string of the molecule is CNC(=O)C1CCCN(c2cccc(NC)n2)C1. The van der Waals surface area contributed by atoms with Gasteiger partial charge in [0.2, 0.25) is 5.91 Å². The van der Waals surface area contributed by atoms with E-state index in [9.17, 15) is 4.79 Å². The molecule has 18 heavy (non-hydrogen) atoms. The van der Waals surface area contributed by atoms with Crippen LogP contribution in [0.2, 0.25) is 0 Å². The minimum Gasteiger partial charge on any atom is -0.373 e. The number of rotatable bonds is 3. The van der Waals surface area contributed by atoms with Crippen molar-refractivity contribution >= 4 is 17.5 Å². The first kappa shape index (κ1) is 12.7. The predicted octanol–water partition coefficient (Wildman–Crippen LogP) is 1.09. The Hall–Kier alpha value is -1.78. The minimum atomic E-state index is 0.0730. The van der Waals surface area contributed by atoms with Gasteiger partial charge in [-0.2, -0.15) is 0 Å². The average Bonchev–Trinajstić information content (AvgIpc) is 2.46. The number of hydrogen-bond acceptors (Lipinski definition) is 4. The molecular formula is C13H20N4O. The molecule has 0 aromatic carbocycles. The maximum atomic E-state index is 11.7. The molecule has 0 aliphatic carbocycles. The molecule has 2 N–H and O–H groups in total. The summed E-state index contributed by atoms with van der Waals surface area (Å²) in [4.78, 5) is 18.4. The fraction of sp³-hybridized carbons (Fsp3) is 0.538. The van der Waals surface area contributed by atoms with Crippen molar-refractivity contribution in [3.05, 3.63) is 18.2 Å². The van der Waals surface area contributed by atoms with Gasteiger partial charge < -0.3 is 15.5 Å². The van der Waals surface area contributed by atoms with Crippen molar-refractivity contribution in [2.75, 3.05) is 37.4 Å². The second kappa shape index (κ2) is 5.71. The van der Waals surface area contributed by atoms with Crippen molar-refractivity contribution in [2.24, 2.45) is 5.92 Å². The van der Waals surface area contributed by atoms with E-state index >= 15 is 0 Å². The van der Waals surface area contributed by atoms with Gasteiger partial charge in [0.25, 0.3) is 0 Å². The van der Waals surface area contributed by atoms with Gasteiger partial charge in [-0.25, -0.2) is 4.98 Å². The lowest BCUT2D eigenvalue weighted by Gasteiger charge is -2.32. The minimum absolute atomic E-state index is 0.0730. The van der Waals surface area contributed by atoms with E-state index in [1.54, 1.807) is 7.05 Å². The standard InChI is InChI=1S/C13H20N4O/c1-14-11-6-3-7-12(16-11)17-8-4-5-10(9-17)13(18)15-2/h3,6-7,10H,4-5,8-9H2,1-2H3,(H,14,16)(H,15,18). The number of aromatic nitrogens is 1. The lowest BCUT2D eigenvalue weighted by atomic mass is 9.97. The van der Waals surface area contributed by atoms with Gasteiger partial charge in [-0.15, -0.1) is 0 Å². The first-order valence-corrected chi connectivity index (χ1v) is 6.36. The smallest absolute Gasteiger partial charge is 0.224 e. The fourth-order valence-electron chi connectivity index (χ4n) is 2.34. The van der Waals surface area contributed by atoms with Crippen LogP contribution in [0, 0.1) is 5.92 Å². The van der Waals surface area contributed by atoms with E-state index in [1.165, 1.54) is 0 Å². The van der Waals surface area contributed by atoms with Gasteiger partial charge in [-0.1, -0.05) is 6.07 Å². The summed E-state index contributed by atoms with van der Waals surface area (Å²) in [6.07, 6.45) is 1.99. The van der Waals surface area contributed by atoms with E-state index < -0.39 is 0 Å². The summed E-state index contributed by atoms with van der Waals surface area (Å²) in [6, 6.07) is 5.91. The van der Waals surface area contributed by atoms with Gasteiger partial charge in [-0.05, 0) is 25.0 Å². The van der Waals surface area contributed by atoms with Gasteiger partial charge in [0, 0.05) is 27.2 Å². The van der Waals surface area contributed by atoms with Gasteiger partial charge >= 0.3 is 0 Å². The molecule has 0 spiro atoms. The van der Waals surface area contributed by atoms with Crippen LogP contribution in [0.3, 0.4) is 0 Å². The van der Waals surface area contributed by atoms with Crippen molar-refractivity contribution in [1.29, 1.82) is 0 Å². The van der Waals surface area contributed by atoms with Crippen LogP contribution in [0.4, 0.5) is 11.6 Å². The maximum absolute atomic E-state index is 11.7. The molecule has 2 heterocycles. The van der Waals surface area contributed by atoms with Crippen LogP contribution in [0.5, 0.6) is 0 Å². The molecule has 1 aromatic rings. The summed E-state index contributed by atoms with van der Waals surface area (Å²) < 4.78 is 0. The number of piperidine rings is 1. The third-order valence-corrected chi connectivity index (χ3v) is 3.35. The number of nitrogens with one attached hydrogen (secondary N) is 2. The topological polar surface area (TPSA) is 57.3 Å².